The van der Waals surface area contributed by atoms with E-state index < -0.39 is 6.10 Å². The van der Waals surface area contributed by atoms with Gasteiger partial charge in [-0.1, -0.05) is 0 Å². The highest BCUT2D eigenvalue weighted by Crippen LogP contribution is 2.17. The highest BCUT2D eigenvalue weighted by molar-refractivity contribution is 5.78. The number of β-amino-alcohol motifs (C(OH)–C–C–N with tert-alkyl or cyclic N) is 1. The van der Waals surface area contributed by atoms with Crippen molar-refractivity contribution in [2.75, 3.05) is 20.2 Å². The van der Waals surface area contributed by atoms with Gasteiger partial charge in [-0.2, -0.15) is 0 Å². The monoisotopic (exact) mass is 289 g/mol. The van der Waals surface area contributed by atoms with Crippen LogP contribution >= 0.6 is 0 Å². The van der Waals surface area contributed by atoms with Crippen molar-refractivity contribution in [3.05, 3.63) is 34.9 Å². The van der Waals surface area contributed by atoms with Gasteiger partial charge in [-0.3, -0.25) is 9.36 Å². The molecule has 0 spiro atoms. The Morgan fingerprint density at radius 2 is 2.38 bits per heavy atom. The van der Waals surface area contributed by atoms with E-state index in [2.05, 4.69) is 10.3 Å². The third-order valence-electron chi connectivity index (χ3n) is 4.05. The van der Waals surface area contributed by atoms with Crippen molar-refractivity contribution in [1.82, 2.24) is 14.9 Å². The normalized spacial score (nSPS) is 22.4. The second kappa shape index (κ2) is 5.83. The molecule has 21 heavy (non-hydrogen) atoms. The first kappa shape index (κ1) is 14.0. The molecule has 3 rings (SSSR count). The van der Waals surface area contributed by atoms with Crippen LogP contribution in [0, 0.1) is 5.92 Å². The summed E-state index contributed by atoms with van der Waals surface area (Å²) in [6.45, 7) is 1.93. The maximum Gasteiger partial charge on any atom is 0.261 e. The maximum atomic E-state index is 12.5. The molecule has 1 aliphatic heterocycles. The van der Waals surface area contributed by atoms with Crippen molar-refractivity contribution in [2.45, 2.75) is 19.1 Å². The van der Waals surface area contributed by atoms with Crippen LogP contribution in [0.1, 0.15) is 6.42 Å². The van der Waals surface area contributed by atoms with Crippen LogP contribution in [0.2, 0.25) is 0 Å². The SMILES string of the molecule is COc1ccc2ncn(C[C@@H]3CCNC[C@H]3O)c(=O)c2c1. The summed E-state index contributed by atoms with van der Waals surface area (Å²) < 4.78 is 6.74. The molecule has 1 aromatic heterocycles. The van der Waals surface area contributed by atoms with Crippen LogP contribution in [-0.2, 0) is 6.54 Å². The number of hydrogen-bond donors (Lipinski definition) is 2. The Kier molecular flexibility index (Phi) is 3.90. The number of rotatable bonds is 3. The summed E-state index contributed by atoms with van der Waals surface area (Å²) in [5, 5.41) is 13.7. The fraction of sp³-hybridized carbons (Fsp3) is 0.467. The van der Waals surface area contributed by atoms with Crippen molar-refractivity contribution in [3.63, 3.8) is 0 Å². The molecule has 6 heteroatoms. The van der Waals surface area contributed by atoms with Crippen LogP contribution in [0.4, 0.5) is 0 Å². The standard InChI is InChI=1S/C15H19N3O3/c1-21-11-2-3-13-12(6-11)15(20)18(9-17-13)8-10-4-5-16-7-14(10)19/h2-3,6,9-10,14,16,19H,4-5,7-8H2,1H3/t10-,14+/m0/s1. The number of aromatic nitrogens is 2. The minimum absolute atomic E-state index is 0.0776. The van der Waals surface area contributed by atoms with Crippen molar-refractivity contribution in [3.8, 4) is 5.75 Å². The summed E-state index contributed by atoms with van der Waals surface area (Å²) in [5.41, 5.74) is 0.563. The molecular weight excluding hydrogens is 270 g/mol. The molecule has 0 radical (unpaired) electrons. The highest BCUT2D eigenvalue weighted by atomic mass is 16.5. The number of aliphatic hydroxyl groups excluding tert-OH is 1. The van der Waals surface area contributed by atoms with Gasteiger partial charge in [0, 0.05) is 19.0 Å². The van der Waals surface area contributed by atoms with E-state index in [0.29, 0.717) is 29.7 Å². The molecule has 0 amide bonds. The lowest BCUT2D eigenvalue weighted by Gasteiger charge is -2.28. The first-order chi connectivity index (χ1) is 10.2. The van der Waals surface area contributed by atoms with Gasteiger partial charge in [0.1, 0.15) is 5.75 Å². The van der Waals surface area contributed by atoms with E-state index in [1.54, 1.807) is 36.2 Å². The summed E-state index contributed by atoms with van der Waals surface area (Å²) in [4.78, 5) is 16.9. The molecule has 1 aliphatic rings. The number of nitrogens with zero attached hydrogens (tertiary/aromatic N) is 2. The van der Waals surface area contributed by atoms with Gasteiger partial charge in [-0.25, -0.2) is 4.98 Å². The Hall–Kier alpha value is -1.92. The van der Waals surface area contributed by atoms with E-state index in [4.69, 9.17) is 4.74 Å². The molecule has 0 bridgehead atoms. The van der Waals surface area contributed by atoms with Gasteiger partial charge < -0.3 is 15.2 Å². The van der Waals surface area contributed by atoms with Gasteiger partial charge in [-0.05, 0) is 31.2 Å². The quantitative estimate of drug-likeness (QED) is 0.854. The number of methoxy groups -OCH3 is 1. The predicted molar refractivity (Wildman–Crippen MR) is 79.5 cm³/mol. The summed E-state index contributed by atoms with van der Waals surface area (Å²) >= 11 is 0. The van der Waals surface area contributed by atoms with E-state index in [0.717, 1.165) is 13.0 Å². The fourth-order valence-corrected chi connectivity index (χ4v) is 2.76. The summed E-state index contributed by atoms with van der Waals surface area (Å²) in [7, 11) is 1.57. The lowest BCUT2D eigenvalue weighted by molar-refractivity contribution is 0.0717. The molecule has 2 atom stereocenters. The Morgan fingerprint density at radius 3 is 3.14 bits per heavy atom. The summed E-state index contributed by atoms with van der Waals surface area (Å²) in [5.74, 6) is 0.717. The smallest absolute Gasteiger partial charge is 0.261 e. The number of fused-ring (bicyclic) bond motifs is 1. The molecule has 0 unspecified atom stereocenters. The number of aliphatic hydroxyl groups is 1. The van der Waals surface area contributed by atoms with Crippen molar-refractivity contribution >= 4 is 10.9 Å². The van der Waals surface area contributed by atoms with Crippen molar-refractivity contribution < 1.29 is 9.84 Å². The van der Waals surface area contributed by atoms with Crippen LogP contribution in [-0.4, -0.2) is 41.0 Å². The second-order valence-corrected chi connectivity index (χ2v) is 5.41. The number of nitrogens with one attached hydrogen (secondary N) is 1. The van der Waals surface area contributed by atoms with E-state index in [-0.39, 0.29) is 11.5 Å². The number of ether oxygens (including phenoxy) is 1. The third kappa shape index (κ3) is 2.77. The van der Waals surface area contributed by atoms with Crippen molar-refractivity contribution in [2.24, 2.45) is 5.92 Å². The minimum Gasteiger partial charge on any atom is -0.497 e. The topological polar surface area (TPSA) is 76.4 Å². The van der Waals surface area contributed by atoms with E-state index in [9.17, 15) is 9.90 Å². The largest absolute Gasteiger partial charge is 0.497 e. The molecule has 112 valence electrons. The zero-order chi connectivity index (χ0) is 14.8. The second-order valence-electron chi connectivity index (χ2n) is 5.41. The van der Waals surface area contributed by atoms with Crippen LogP contribution in [0.25, 0.3) is 10.9 Å². The first-order valence-corrected chi connectivity index (χ1v) is 7.11. The number of piperidine rings is 1. The fourth-order valence-electron chi connectivity index (χ4n) is 2.76. The predicted octanol–water partition coefficient (Wildman–Crippen LogP) is 0.375. The first-order valence-electron chi connectivity index (χ1n) is 7.11. The van der Waals surface area contributed by atoms with E-state index in [1.807, 2.05) is 0 Å². The number of hydrogen-bond acceptors (Lipinski definition) is 5. The number of benzene rings is 1. The molecule has 0 aliphatic carbocycles. The summed E-state index contributed by atoms with van der Waals surface area (Å²) in [6.07, 6.45) is 1.99. The molecule has 6 nitrogen and oxygen atoms in total. The molecule has 1 aromatic carbocycles. The molecule has 2 aromatic rings. The third-order valence-corrected chi connectivity index (χ3v) is 4.05. The average Bonchev–Trinajstić information content (AvgIpc) is 2.52. The van der Waals surface area contributed by atoms with Crippen LogP contribution < -0.4 is 15.6 Å². The van der Waals surface area contributed by atoms with Gasteiger partial charge in [0.05, 0.1) is 30.4 Å². The molecule has 2 heterocycles. The van der Waals surface area contributed by atoms with E-state index in [1.165, 1.54) is 0 Å². The molecule has 2 N–H and O–H groups in total. The van der Waals surface area contributed by atoms with Gasteiger partial charge in [0.15, 0.2) is 0 Å². The Labute approximate surface area is 122 Å². The van der Waals surface area contributed by atoms with Gasteiger partial charge in [-0.15, -0.1) is 0 Å². The molecule has 1 saturated heterocycles. The maximum absolute atomic E-state index is 12.5. The van der Waals surface area contributed by atoms with Crippen LogP contribution in [0.5, 0.6) is 5.75 Å². The highest BCUT2D eigenvalue weighted by Gasteiger charge is 2.23. The minimum atomic E-state index is -0.424. The Morgan fingerprint density at radius 1 is 1.52 bits per heavy atom. The lowest BCUT2D eigenvalue weighted by atomic mass is 9.95. The molecular formula is C15H19N3O3. The van der Waals surface area contributed by atoms with E-state index >= 15 is 0 Å². The molecule has 1 fully saturated rings. The van der Waals surface area contributed by atoms with Crippen LogP contribution in [0.3, 0.4) is 0 Å². The zero-order valence-electron chi connectivity index (χ0n) is 12.0. The van der Waals surface area contributed by atoms with Crippen molar-refractivity contribution in [1.29, 1.82) is 0 Å². The average molecular weight is 289 g/mol. The van der Waals surface area contributed by atoms with Crippen LogP contribution in [0.15, 0.2) is 29.3 Å². The Balaban J connectivity index is 1.95. The zero-order valence-corrected chi connectivity index (χ0v) is 12.0. The Bertz CT molecular complexity index is 698. The molecule has 0 saturated carbocycles. The van der Waals surface area contributed by atoms with Gasteiger partial charge in [0.25, 0.3) is 5.56 Å². The summed E-state index contributed by atoms with van der Waals surface area (Å²) in [6, 6.07) is 5.27. The lowest BCUT2D eigenvalue weighted by Crippen LogP contribution is -2.43. The van der Waals surface area contributed by atoms with Gasteiger partial charge >= 0.3 is 0 Å². The van der Waals surface area contributed by atoms with Gasteiger partial charge in [0.2, 0.25) is 0 Å².